The second kappa shape index (κ2) is 6.02. The van der Waals surface area contributed by atoms with E-state index in [0.29, 0.717) is 35.2 Å². The number of nitrogens with two attached hydrogens (primary N) is 1. The minimum atomic E-state index is -1.20. The molecular weight excluding hydrogens is 334 g/mol. The fourth-order valence-electron chi connectivity index (χ4n) is 4.17. The molecule has 0 spiro atoms. The summed E-state index contributed by atoms with van der Waals surface area (Å²) in [5, 5.41) is 3.04. The van der Waals surface area contributed by atoms with Gasteiger partial charge in [0.1, 0.15) is 12.0 Å². The van der Waals surface area contributed by atoms with Crippen molar-refractivity contribution in [2.24, 2.45) is 5.73 Å². The lowest BCUT2D eigenvalue weighted by Crippen LogP contribution is -2.26. The van der Waals surface area contributed by atoms with Gasteiger partial charge in [-0.05, 0) is 59.7 Å². The van der Waals surface area contributed by atoms with Crippen LogP contribution in [0.25, 0.3) is 16.7 Å². The predicted octanol–water partition coefficient (Wildman–Crippen LogP) is 4.05. The van der Waals surface area contributed by atoms with E-state index in [1.54, 1.807) is 6.07 Å². The zero-order chi connectivity index (χ0) is 18.6. The summed E-state index contributed by atoms with van der Waals surface area (Å²) in [4.78, 5) is 11.8. The molecule has 2 aromatic rings. The van der Waals surface area contributed by atoms with Gasteiger partial charge < -0.3 is 11.1 Å². The second-order valence-electron chi connectivity index (χ2n) is 7.06. The van der Waals surface area contributed by atoms with Crippen molar-refractivity contribution in [3.63, 3.8) is 0 Å². The molecule has 0 saturated heterocycles. The second-order valence-corrected chi connectivity index (χ2v) is 7.06. The maximum atomic E-state index is 15.2. The van der Waals surface area contributed by atoms with Crippen molar-refractivity contribution in [3.05, 3.63) is 63.5 Å². The van der Waals surface area contributed by atoms with E-state index >= 15 is 4.39 Å². The first kappa shape index (κ1) is 16.9. The number of carbonyl (C=O) groups is 1. The van der Waals surface area contributed by atoms with Crippen molar-refractivity contribution in [1.29, 1.82) is 0 Å². The topological polar surface area (TPSA) is 55.1 Å². The minimum absolute atomic E-state index is 0.209. The number of amides is 1. The Morgan fingerprint density at radius 2 is 2.04 bits per heavy atom. The lowest BCUT2D eigenvalue weighted by atomic mass is 9.85. The number of hydrogen-bond donors (Lipinski definition) is 2. The molecule has 0 bridgehead atoms. The minimum Gasteiger partial charge on any atom is -0.366 e. The molecule has 1 heterocycles. The third-order valence-electron chi connectivity index (χ3n) is 5.53. The lowest BCUT2D eigenvalue weighted by Gasteiger charge is -2.25. The summed E-state index contributed by atoms with van der Waals surface area (Å²) >= 11 is 0. The number of benzene rings is 2. The predicted molar refractivity (Wildman–Crippen MR) is 97.9 cm³/mol. The van der Waals surface area contributed by atoms with Gasteiger partial charge in [-0.25, -0.2) is 8.78 Å². The number of rotatable bonds is 2. The van der Waals surface area contributed by atoms with Crippen molar-refractivity contribution >= 4 is 11.5 Å². The maximum absolute atomic E-state index is 15.2. The molecule has 4 rings (SSSR count). The normalized spacial score (nSPS) is 18.7. The SMILES string of the molecule is CC1=C(C)c2c(c(C(N)=O)cc(F)c2-c2cccc3c2C(F)CNC3)C1. The highest BCUT2D eigenvalue weighted by Gasteiger charge is 2.31. The summed E-state index contributed by atoms with van der Waals surface area (Å²) in [6, 6.07) is 6.65. The monoisotopic (exact) mass is 354 g/mol. The summed E-state index contributed by atoms with van der Waals surface area (Å²) in [5.74, 6) is -1.18. The molecule has 1 aliphatic heterocycles. The van der Waals surface area contributed by atoms with E-state index in [-0.39, 0.29) is 12.1 Å². The van der Waals surface area contributed by atoms with Crippen molar-refractivity contribution in [2.45, 2.75) is 33.0 Å². The largest absolute Gasteiger partial charge is 0.366 e. The van der Waals surface area contributed by atoms with Gasteiger partial charge in [0.25, 0.3) is 0 Å². The molecule has 134 valence electrons. The van der Waals surface area contributed by atoms with Crippen LogP contribution in [0.1, 0.15) is 52.6 Å². The summed E-state index contributed by atoms with van der Waals surface area (Å²) in [6.45, 7) is 4.64. The first-order valence-corrected chi connectivity index (χ1v) is 8.69. The van der Waals surface area contributed by atoms with E-state index in [4.69, 9.17) is 5.73 Å². The molecule has 5 heteroatoms. The van der Waals surface area contributed by atoms with E-state index in [9.17, 15) is 9.18 Å². The Hall–Kier alpha value is -2.53. The third kappa shape index (κ3) is 2.38. The summed E-state index contributed by atoms with van der Waals surface area (Å²) in [5.41, 5.74) is 11.4. The molecule has 1 aliphatic carbocycles. The molecular formula is C21H20F2N2O. The fraction of sp³-hybridized carbons (Fsp3) is 0.286. The van der Waals surface area contributed by atoms with Gasteiger partial charge in [0.05, 0.1) is 0 Å². The highest BCUT2D eigenvalue weighted by Crippen LogP contribution is 2.45. The third-order valence-corrected chi connectivity index (χ3v) is 5.53. The molecule has 1 atom stereocenters. The Morgan fingerprint density at radius 1 is 1.27 bits per heavy atom. The van der Waals surface area contributed by atoms with Crippen LogP contribution in [0.2, 0.25) is 0 Å². The van der Waals surface area contributed by atoms with Crippen LogP contribution >= 0.6 is 0 Å². The van der Waals surface area contributed by atoms with E-state index in [1.165, 1.54) is 6.07 Å². The Labute approximate surface area is 150 Å². The molecule has 2 aliphatic rings. The van der Waals surface area contributed by atoms with Crippen LogP contribution in [-0.2, 0) is 13.0 Å². The zero-order valence-electron chi connectivity index (χ0n) is 14.7. The van der Waals surface area contributed by atoms with Crippen LogP contribution in [0.3, 0.4) is 0 Å². The van der Waals surface area contributed by atoms with Gasteiger partial charge in [-0.2, -0.15) is 0 Å². The first-order chi connectivity index (χ1) is 12.4. The molecule has 1 amide bonds. The van der Waals surface area contributed by atoms with Gasteiger partial charge in [-0.15, -0.1) is 0 Å². The number of nitrogens with one attached hydrogen (secondary N) is 1. The maximum Gasteiger partial charge on any atom is 0.249 e. The smallest absolute Gasteiger partial charge is 0.249 e. The van der Waals surface area contributed by atoms with Crippen molar-refractivity contribution < 1.29 is 13.6 Å². The van der Waals surface area contributed by atoms with E-state index < -0.39 is 17.9 Å². The lowest BCUT2D eigenvalue weighted by molar-refractivity contribution is 0.0999. The van der Waals surface area contributed by atoms with Gasteiger partial charge in [0.2, 0.25) is 5.91 Å². The number of primary amides is 1. The number of fused-ring (bicyclic) bond motifs is 2. The van der Waals surface area contributed by atoms with Gasteiger partial charge >= 0.3 is 0 Å². The average molecular weight is 354 g/mol. The molecule has 2 aromatic carbocycles. The van der Waals surface area contributed by atoms with Crippen LogP contribution in [0.15, 0.2) is 29.8 Å². The van der Waals surface area contributed by atoms with Gasteiger partial charge in [-0.3, -0.25) is 4.79 Å². The standard InChI is InChI=1S/C21H20F2N2O/c1-10-6-14-15(21(24)26)7-16(22)20(18(14)11(10)2)13-5-3-4-12-8-25-9-17(23)19(12)13/h3-5,7,17,25H,6,8-9H2,1-2H3,(H2,24,26). The Kier molecular flexibility index (Phi) is 3.92. The quantitative estimate of drug-likeness (QED) is 0.855. The fourth-order valence-corrected chi connectivity index (χ4v) is 4.17. The molecule has 26 heavy (non-hydrogen) atoms. The Bertz CT molecular complexity index is 978. The highest BCUT2D eigenvalue weighted by atomic mass is 19.1. The van der Waals surface area contributed by atoms with Gasteiger partial charge in [0.15, 0.2) is 0 Å². The molecule has 0 saturated carbocycles. The zero-order valence-corrected chi connectivity index (χ0v) is 14.7. The van der Waals surface area contributed by atoms with Crippen LogP contribution in [0.4, 0.5) is 8.78 Å². The highest BCUT2D eigenvalue weighted by molar-refractivity contribution is 6.00. The molecule has 1 unspecified atom stereocenters. The van der Waals surface area contributed by atoms with E-state index in [1.807, 2.05) is 26.0 Å². The van der Waals surface area contributed by atoms with Crippen molar-refractivity contribution in [1.82, 2.24) is 5.32 Å². The average Bonchev–Trinajstić information content (AvgIpc) is 2.89. The van der Waals surface area contributed by atoms with Crippen molar-refractivity contribution in [2.75, 3.05) is 6.54 Å². The summed E-state index contributed by atoms with van der Waals surface area (Å²) in [7, 11) is 0. The van der Waals surface area contributed by atoms with Crippen LogP contribution in [-0.4, -0.2) is 12.5 Å². The number of hydrogen-bond acceptors (Lipinski definition) is 2. The summed E-state index contributed by atoms with van der Waals surface area (Å²) < 4.78 is 29.9. The van der Waals surface area contributed by atoms with E-state index in [0.717, 1.165) is 22.3 Å². The van der Waals surface area contributed by atoms with E-state index in [2.05, 4.69) is 5.32 Å². The van der Waals surface area contributed by atoms with Crippen LogP contribution < -0.4 is 11.1 Å². The van der Waals surface area contributed by atoms with Crippen LogP contribution in [0, 0.1) is 5.82 Å². The van der Waals surface area contributed by atoms with Gasteiger partial charge in [-0.1, -0.05) is 23.8 Å². The number of carbonyl (C=O) groups excluding carboxylic acids is 1. The Balaban J connectivity index is 2.07. The Morgan fingerprint density at radius 3 is 2.77 bits per heavy atom. The molecule has 0 fully saturated rings. The summed E-state index contributed by atoms with van der Waals surface area (Å²) in [6.07, 6.45) is -0.643. The first-order valence-electron chi connectivity index (χ1n) is 8.69. The molecule has 0 radical (unpaired) electrons. The molecule has 3 nitrogen and oxygen atoms in total. The van der Waals surface area contributed by atoms with Crippen molar-refractivity contribution in [3.8, 4) is 11.1 Å². The molecule has 0 aromatic heterocycles. The molecule has 3 N–H and O–H groups in total. The van der Waals surface area contributed by atoms with Gasteiger partial charge in [0, 0.05) is 24.2 Å². The number of halogens is 2. The van der Waals surface area contributed by atoms with Crippen LogP contribution in [0.5, 0.6) is 0 Å². The number of alkyl halides is 1. The number of allylic oxidation sites excluding steroid dienone is 2.